The van der Waals surface area contributed by atoms with Gasteiger partial charge in [-0.2, -0.15) is 0 Å². The van der Waals surface area contributed by atoms with Crippen molar-refractivity contribution in [3.05, 3.63) is 18.2 Å². The maximum absolute atomic E-state index is 12.1. The van der Waals surface area contributed by atoms with Crippen molar-refractivity contribution in [3.63, 3.8) is 0 Å². The lowest BCUT2D eigenvalue weighted by Crippen LogP contribution is -2.36. The van der Waals surface area contributed by atoms with E-state index in [-0.39, 0.29) is 30.7 Å². The lowest BCUT2D eigenvalue weighted by molar-refractivity contribution is -0.122. The molecule has 7 heteroatoms. The van der Waals surface area contributed by atoms with Gasteiger partial charge in [-0.1, -0.05) is 13.8 Å². The van der Waals surface area contributed by atoms with Crippen LogP contribution < -0.4 is 10.6 Å². The molecule has 1 saturated heterocycles. The number of rotatable bonds is 7. The molecule has 5 nitrogen and oxygen atoms in total. The number of carbonyl (C=O) groups is 1. The molecule has 0 spiro atoms. The first-order valence-electron chi connectivity index (χ1n) is 8.51. The SMILES string of the molecule is Cc1nccn1CC(C)CNC(=O)CC(C)C1CCCNC1.Cl.Cl. The third-order valence-electron chi connectivity index (χ3n) is 4.73. The van der Waals surface area contributed by atoms with Crippen LogP contribution in [-0.4, -0.2) is 35.1 Å². The Bertz CT molecular complexity index is 475. The van der Waals surface area contributed by atoms with E-state index in [4.69, 9.17) is 0 Å². The quantitative estimate of drug-likeness (QED) is 0.766. The molecule has 0 aromatic carbocycles. The molecule has 1 amide bonds. The molecule has 3 atom stereocenters. The predicted molar refractivity (Wildman–Crippen MR) is 103 cm³/mol. The van der Waals surface area contributed by atoms with E-state index in [2.05, 4.69) is 34.0 Å². The number of hydrogen-bond acceptors (Lipinski definition) is 3. The average Bonchev–Trinajstić information content (AvgIpc) is 2.91. The van der Waals surface area contributed by atoms with Crippen LogP contribution in [0.25, 0.3) is 0 Å². The van der Waals surface area contributed by atoms with Gasteiger partial charge < -0.3 is 15.2 Å². The maximum Gasteiger partial charge on any atom is 0.220 e. The smallest absolute Gasteiger partial charge is 0.220 e. The highest BCUT2D eigenvalue weighted by Gasteiger charge is 2.22. The fraction of sp³-hybridized carbons (Fsp3) is 0.765. The molecule has 0 bridgehead atoms. The van der Waals surface area contributed by atoms with E-state index in [0.29, 0.717) is 24.2 Å². The van der Waals surface area contributed by atoms with Gasteiger partial charge in [-0.25, -0.2) is 4.98 Å². The third-order valence-corrected chi connectivity index (χ3v) is 4.73. The minimum absolute atomic E-state index is 0. The van der Waals surface area contributed by atoms with Crippen LogP contribution in [0, 0.1) is 24.7 Å². The van der Waals surface area contributed by atoms with E-state index in [1.165, 1.54) is 12.8 Å². The number of nitrogens with zero attached hydrogens (tertiary/aromatic N) is 2. The highest BCUT2D eigenvalue weighted by atomic mass is 35.5. The minimum atomic E-state index is 0. The zero-order valence-corrected chi connectivity index (χ0v) is 16.6. The first-order valence-corrected chi connectivity index (χ1v) is 8.51. The molecule has 1 fully saturated rings. The monoisotopic (exact) mass is 378 g/mol. The van der Waals surface area contributed by atoms with E-state index in [0.717, 1.165) is 32.0 Å². The molecule has 140 valence electrons. The number of hydrogen-bond donors (Lipinski definition) is 2. The summed E-state index contributed by atoms with van der Waals surface area (Å²) in [7, 11) is 0. The Morgan fingerprint density at radius 1 is 1.46 bits per heavy atom. The van der Waals surface area contributed by atoms with Crippen molar-refractivity contribution in [1.82, 2.24) is 20.2 Å². The number of carbonyl (C=O) groups excluding carboxylic acids is 1. The Hall–Kier alpha value is -0.780. The highest BCUT2D eigenvalue weighted by molar-refractivity contribution is 5.85. The standard InChI is InChI=1S/C17H30N4O.2ClH/c1-13(12-21-8-7-19-15(21)3)10-20-17(22)9-14(2)16-5-4-6-18-11-16;;/h7-8,13-14,16,18H,4-6,9-12H2,1-3H3,(H,20,22);2*1H. The van der Waals surface area contributed by atoms with Crippen LogP contribution in [0.1, 0.15) is 38.9 Å². The lowest BCUT2D eigenvalue weighted by atomic mass is 9.85. The Labute approximate surface area is 158 Å². The van der Waals surface area contributed by atoms with Crippen molar-refractivity contribution in [2.45, 2.75) is 46.6 Å². The topological polar surface area (TPSA) is 59.0 Å². The Kier molecular flexibility index (Phi) is 11.3. The number of piperidine rings is 1. The van der Waals surface area contributed by atoms with Crippen molar-refractivity contribution in [2.75, 3.05) is 19.6 Å². The van der Waals surface area contributed by atoms with E-state index < -0.39 is 0 Å². The molecule has 1 aliphatic rings. The van der Waals surface area contributed by atoms with Gasteiger partial charge in [0.15, 0.2) is 0 Å². The largest absolute Gasteiger partial charge is 0.356 e. The number of aromatic nitrogens is 2. The van der Waals surface area contributed by atoms with Crippen LogP contribution in [0.3, 0.4) is 0 Å². The van der Waals surface area contributed by atoms with Crippen molar-refractivity contribution in [3.8, 4) is 0 Å². The summed E-state index contributed by atoms with van der Waals surface area (Å²) in [6, 6.07) is 0. The first kappa shape index (κ1) is 23.2. The molecule has 0 aliphatic carbocycles. The van der Waals surface area contributed by atoms with Gasteiger partial charge in [0.05, 0.1) is 0 Å². The molecule has 3 unspecified atom stereocenters. The summed E-state index contributed by atoms with van der Waals surface area (Å²) >= 11 is 0. The van der Waals surface area contributed by atoms with E-state index in [9.17, 15) is 4.79 Å². The molecule has 1 aliphatic heterocycles. The normalized spacial score (nSPS) is 19.5. The Morgan fingerprint density at radius 3 is 2.79 bits per heavy atom. The zero-order valence-electron chi connectivity index (χ0n) is 15.0. The molecular formula is C17H32Cl2N4O. The summed E-state index contributed by atoms with van der Waals surface area (Å²) in [5, 5.41) is 6.52. The second-order valence-electron chi connectivity index (χ2n) is 6.82. The molecular weight excluding hydrogens is 347 g/mol. The van der Waals surface area contributed by atoms with Crippen molar-refractivity contribution < 1.29 is 4.79 Å². The highest BCUT2D eigenvalue weighted by Crippen LogP contribution is 2.22. The van der Waals surface area contributed by atoms with Crippen molar-refractivity contribution in [2.24, 2.45) is 17.8 Å². The predicted octanol–water partition coefficient (Wildman–Crippen LogP) is 2.81. The summed E-state index contributed by atoms with van der Waals surface area (Å²) in [6.45, 7) is 10.2. The number of halogens is 2. The number of imidazole rings is 1. The first-order chi connectivity index (χ1) is 10.6. The van der Waals surface area contributed by atoms with Crippen LogP contribution in [-0.2, 0) is 11.3 Å². The van der Waals surface area contributed by atoms with E-state index in [1.54, 1.807) is 0 Å². The molecule has 0 saturated carbocycles. The molecule has 2 N–H and O–H groups in total. The van der Waals surface area contributed by atoms with Crippen LogP contribution >= 0.6 is 24.8 Å². The van der Waals surface area contributed by atoms with Crippen LogP contribution in [0.15, 0.2) is 12.4 Å². The summed E-state index contributed by atoms with van der Waals surface area (Å²) < 4.78 is 2.13. The van der Waals surface area contributed by atoms with Gasteiger partial charge in [0.25, 0.3) is 0 Å². The van der Waals surface area contributed by atoms with Crippen molar-refractivity contribution >= 4 is 30.7 Å². The fourth-order valence-corrected chi connectivity index (χ4v) is 3.18. The van der Waals surface area contributed by atoms with Crippen LogP contribution in [0.2, 0.25) is 0 Å². The van der Waals surface area contributed by atoms with Gasteiger partial charge in [0.2, 0.25) is 5.91 Å². The number of aryl methyl sites for hydroxylation is 1. The lowest BCUT2D eigenvalue weighted by Gasteiger charge is -2.28. The number of nitrogens with one attached hydrogen (secondary N) is 2. The summed E-state index contributed by atoms with van der Waals surface area (Å²) in [4.78, 5) is 16.3. The fourth-order valence-electron chi connectivity index (χ4n) is 3.18. The third kappa shape index (κ3) is 7.41. The summed E-state index contributed by atoms with van der Waals surface area (Å²) in [5.74, 6) is 2.72. The second-order valence-corrected chi connectivity index (χ2v) is 6.82. The molecule has 0 radical (unpaired) electrons. The Morgan fingerprint density at radius 2 is 2.21 bits per heavy atom. The molecule has 1 aromatic rings. The maximum atomic E-state index is 12.1. The van der Waals surface area contributed by atoms with Gasteiger partial charge in [-0.3, -0.25) is 4.79 Å². The van der Waals surface area contributed by atoms with Gasteiger partial charge in [0, 0.05) is 31.9 Å². The van der Waals surface area contributed by atoms with E-state index in [1.807, 2.05) is 19.3 Å². The van der Waals surface area contributed by atoms with Gasteiger partial charge in [-0.15, -0.1) is 24.8 Å². The van der Waals surface area contributed by atoms with Crippen LogP contribution in [0.4, 0.5) is 0 Å². The zero-order chi connectivity index (χ0) is 15.9. The molecule has 2 heterocycles. The molecule has 24 heavy (non-hydrogen) atoms. The van der Waals surface area contributed by atoms with Crippen molar-refractivity contribution in [1.29, 1.82) is 0 Å². The number of amides is 1. The average molecular weight is 379 g/mol. The van der Waals surface area contributed by atoms with E-state index >= 15 is 0 Å². The Balaban J connectivity index is 0.00000264. The van der Waals surface area contributed by atoms with Gasteiger partial charge in [-0.05, 0) is 50.6 Å². The van der Waals surface area contributed by atoms with Crippen LogP contribution in [0.5, 0.6) is 0 Å². The minimum Gasteiger partial charge on any atom is -0.356 e. The molecule has 1 aromatic heterocycles. The summed E-state index contributed by atoms with van der Waals surface area (Å²) in [6.07, 6.45) is 6.94. The van der Waals surface area contributed by atoms with Gasteiger partial charge >= 0.3 is 0 Å². The molecule has 2 rings (SSSR count). The van der Waals surface area contributed by atoms with Gasteiger partial charge in [0.1, 0.15) is 5.82 Å². The second kappa shape index (κ2) is 11.7. The summed E-state index contributed by atoms with van der Waals surface area (Å²) in [5.41, 5.74) is 0.